The molecule has 0 aromatic heterocycles. The zero-order valence-electron chi connectivity index (χ0n) is 14.1. The van der Waals surface area contributed by atoms with Gasteiger partial charge < -0.3 is 20.5 Å². The molecule has 124 valence electrons. The first-order valence-electron chi connectivity index (χ1n) is 7.49. The molecule has 2 unspecified atom stereocenters. The van der Waals surface area contributed by atoms with Crippen molar-refractivity contribution < 1.29 is 19.4 Å². The van der Waals surface area contributed by atoms with Gasteiger partial charge in [-0.1, -0.05) is 13.8 Å². The lowest BCUT2D eigenvalue weighted by Crippen LogP contribution is -2.60. The Labute approximate surface area is 127 Å². The number of aliphatic hydroxyl groups is 1. The molecule has 0 radical (unpaired) electrons. The molecule has 2 amide bonds. The van der Waals surface area contributed by atoms with Gasteiger partial charge in [0.2, 0.25) is 11.8 Å². The van der Waals surface area contributed by atoms with E-state index in [-0.39, 0.29) is 31.1 Å². The first kappa shape index (κ1) is 19.9. The standard InChI is InChI=1S/C15H30N2O4/c1-7-12(19)17-14(4,5)13(20)16-11(3)15(6,8-2)21-10-9-18/h11,18H,7-10H2,1-6H3,(H,16,20)(H,17,19). The summed E-state index contributed by atoms with van der Waals surface area (Å²) in [5.41, 5.74) is -1.55. The molecule has 0 rings (SSSR count). The highest BCUT2D eigenvalue weighted by Gasteiger charge is 2.36. The second kappa shape index (κ2) is 8.34. The van der Waals surface area contributed by atoms with Gasteiger partial charge in [-0.05, 0) is 34.1 Å². The third kappa shape index (κ3) is 6.01. The second-order valence-corrected chi connectivity index (χ2v) is 5.96. The number of amides is 2. The highest BCUT2D eigenvalue weighted by molar-refractivity contribution is 5.90. The highest BCUT2D eigenvalue weighted by atomic mass is 16.5. The van der Waals surface area contributed by atoms with E-state index < -0.39 is 11.1 Å². The maximum absolute atomic E-state index is 12.3. The Kier molecular flexibility index (Phi) is 7.89. The summed E-state index contributed by atoms with van der Waals surface area (Å²) in [5, 5.41) is 14.5. The topological polar surface area (TPSA) is 87.7 Å². The van der Waals surface area contributed by atoms with E-state index in [1.165, 1.54) is 0 Å². The minimum absolute atomic E-state index is 0.0612. The number of hydrogen-bond donors (Lipinski definition) is 3. The van der Waals surface area contributed by atoms with E-state index in [1.807, 2.05) is 20.8 Å². The molecule has 6 nitrogen and oxygen atoms in total. The van der Waals surface area contributed by atoms with Crippen LogP contribution in [0.1, 0.15) is 54.4 Å². The Hall–Kier alpha value is -1.14. The zero-order valence-corrected chi connectivity index (χ0v) is 14.1. The van der Waals surface area contributed by atoms with Gasteiger partial charge in [0, 0.05) is 6.42 Å². The van der Waals surface area contributed by atoms with Gasteiger partial charge >= 0.3 is 0 Å². The van der Waals surface area contributed by atoms with Crippen LogP contribution in [0.5, 0.6) is 0 Å². The number of nitrogens with one attached hydrogen (secondary N) is 2. The maximum Gasteiger partial charge on any atom is 0.245 e. The van der Waals surface area contributed by atoms with E-state index in [0.717, 1.165) is 0 Å². The van der Waals surface area contributed by atoms with E-state index in [4.69, 9.17) is 9.84 Å². The molecule has 0 bridgehead atoms. The fourth-order valence-corrected chi connectivity index (χ4v) is 1.84. The summed E-state index contributed by atoms with van der Waals surface area (Å²) >= 11 is 0. The molecular weight excluding hydrogens is 272 g/mol. The van der Waals surface area contributed by atoms with E-state index in [1.54, 1.807) is 20.8 Å². The van der Waals surface area contributed by atoms with Crippen LogP contribution in [0.4, 0.5) is 0 Å². The zero-order chi connectivity index (χ0) is 16.7. The van der Waals surface area contributed by atoms with Crippen molar-refractivity contribution in [2.45, 2.75) is 71.6 Å². The molecule has 0 aromatic carbocycles. The Bertz CT molecular complexity index is 358. The monoisotopic (exact) mass is 302 g/mol. The van der Waals surface area contributed by atoms with Crippen molar-refractivity contribution in [3.05, 3.63) is 0 Å². The van der Waals surface area contributed by atoms with Crippen LogP contribution in [-0.4, -0.2) is 47.3 Å². The van der Waals surface area contributed by atoms with E-state index in [0.29, 0.717) is 12.8 Å². The smallest absolute Gasteiger partial charge is 0.245 e. The number of carbonyl (C=O) groups is 2. The fourth-order valence-electron chi connectivity index (χ4n) is 1.84. The summed E-state index contributed by atoms with van der Waals surface area (Å²) in [6, 6.07) is -0.251. The summed E-state index contributed by atoms with van der Waals surface area (Å²) in [6.07, 6.45) is 1.02. The first-order chi connectivity index (χ1) is 9.62. The molecule has 0 aliphatic heterocycles. The van der Waals surface area contributed by atoms with Crippen molar-refractivity contribution >= 4 is 11.8 Å². The Balaban J connectivity index is 4.77. The fraction of sp³-hybridized carbons (Fsp3) is 0.867. The Morgan fingerprint density at radius 1 is 1.24 bits per heavy atom. The minimum atomic E-state index is -0.979. The third-order valence-corrected chi connectivity index (χ3v) is 3.83. The largest absolute Gasteiger partial charge is 0.394 e. The van der Waals surface area contributed by atoms with E-state index in [9.17, 15) is 9.59 Å². The van der Waals surface area contributed by atoms with Crippen molar-refractivity contribution in [3.8, 4) is 0 Å². The molecule has 2 atom stereocenters. The number of ether oxygens (including phenoxy) is 1. The number of rotatable bonds is 9. The van der Waals surface area contributed by atoms with Crippen LogP contribution in [0.15, 0.2) is 0 Å². The maximum atomic E-state index is 12.3. The lowest BCUT2D eigenvalue weighted by atomic mass is 9.93. The molecule has 21 heavy (non-hydrogen) atoms. The molecule has 0 saturated heterocycles. The van der Waals surface area contributed by atoms with Gasteiger partial charge in [-0.25, -0.2) is 0 Å². The first-order valence-corrected chi connectivity index (χ1v) is 7.49. The average molecular weight is 302 g/mol. The van der Waals surface area contributed by atoms with E-state index >= 15 is 0 Å². The van der Waals surface area contributed by atoms with Crippen LogP contribution in [0, 0.1) is 0 Å². The van der Waals surface area contributed by atoms with Gasteiger partial charge in [0.05, 0.1) is 24.9 Å². The van der Waals surface area contributed by atoms with Gasteiger partial charge in [-0.3, -0.25) is 9.59 Å². The van der Waals surface area contributed by atoms with Crippen LogP contribution < -0.4 is 10.6 Å². The molecular formula is C15H30N2O4. The SMILES string of the molecule is CCC(=O)NC(C)(C)C(=O)NC(C)C(C)(CC)OCCO. The minimum Gasteiger partial charge on any atom is -0.394 e. The lowest BCUT2D eigenvalue weighted by Gasteiger charge is -2.37. The number of aliphatic hydroxyl groups excluding tert-OH is 1. The van der Waals surface area contributed by atoms with Crippen LogP contribution in [0.3, 0.4) is 0 Å². The Morgan fingerprint density at radius 3 is 2.24 bits per heavy atom. The third-order valence-electron chi connectivity index (χ3n) is 3.83. The van der Waals surface area contributed by atoms with E-state index in [2.05, 4.69) is 10.6 Å². The normalized spacial score (nSPS) is 16.0. The van der Waals surface area contributed by atoms with Crippen molar-refractivity contribution in [2.75, 3.05) is 13.2 Å². The van der Waals surface area contributed by atoms with Crippen molar-refractivity contribution in [1.82, 2.24) is 10.6 Å². The van der Waals surface area contributed by atoms with Gasteiger partial charge in [0.15, 0.2) is 0 Å². The summed E-state index contributed by atoms with van der Waals surface area (Å²) in [4.78, 5) is 23.8. The summed E-state index contributed by atoms with van der Waals surface area (Å²) in [5.74, 6) is -0.429. The molecule has 0 aliphatic carbocycles. The molecule has 0 saturated carbocycles. The summed E-state index contributed by atoms with van der Waals surface area (Å²) < 4.78 is 5.65. The van der Waals surface area contributed by atoms with Gasteiger partial charge in [-0.15, -0.1) is 0 Å². The molecule has 0 fully saturated rings. The predicted octanol–water partition coefficient (Wildman–Crippen LogP) is 0.974. The van der Waals surface area contributed by atoms with Gasteiger partial charge in [0.25, 0.3) is 0 Å². The van der Waals surface area contributed by atoms with Crippen LogP contribution in [0.2, 0.25) is 0 Å². The van der Waals surface area contributed by atoms with Gasteiger partial charge in [-0.2, -0.15) is 0 Å². The second-order valence-electron chi connectivity index (χ2n) is 5.96. The molecule has 0 spiro atoms. The predicted molar refractivity (Wildman–Crippen MR) is 81.9 cm³/mol. The lowest BCUT2D eigenvalue weighted by molar-refractivity contribution is -0.135. The van der Waals surface area contributed by atoms with Crippen molar-refractivity contribution in [3.63, 3.8) is 0 Å². The molecule has 0 aliphatic rings. The summed E-state index contributed by atoms with van der Waals surface area (Å²) in [7, 11) is 0. The summed E-state index contributed by atoms with van der Waals surface area (Å²) in [6.45, 7) is 10.9. The molecule has 3 N–H and O–H groups in total. The van der Waals surface area contributed by atoms with Crippen molar-refractivity contribution in [1.29, 1.82) is 0 Å². The molecule has 0 heterocycles. The van der Waals surface area contributed by atoms with Gasteiger partial charge in [0.1, 0.15) is 5.54 Å². The number of hydrogen-bond acceptors (Lipinski definition) is 4. The van der Waals surface area contributed by atoms with Crippen LogP contribution in [-0.2, 0) is 14.3 Å². The van der Waals surface area contributed by atoms with Crippen LogP contribution >= 0.6 is 0 Å². The number of carbonyl (C=O) groups excluding carboxylic acids is 2. The Morgan fingerprint density at radius 2 is 1.81 bits per heavy atom. The highest BCUT2D eigenvalue weighted by Crippen LogP contribution is 2.20. The molecule has 0 aromatic rings. The van der Waals surface area contributed by atoms with Crippen LogP contribution in [0.25, 0.3) is 0 Å². The average Bonchev–Trinajstić information content (AvgIpc) is 2.43. The quantitative estimate of drug-likeness (QED) is 0.592. The van der Waals surface area contributed by atoms with Crippen molar-refractivity contribution in [2.24, 2.45) is 0 Å². The molecule has 6 heteroatoms.